The number of hydrogen-bond acceptors (Lipinski definition) is 5. The van der Waals surface area contributed by atoms with Crippen molar-refractivity contribution >= 4 is 17.3 Å². The maximum atomic E-state index is 4.59. The van der Waals surface area contributed by atoms with Crippen molar-refractivity contribution in [1.82, 2.24) is 15.0 Å². The number of likely N-dealkylation sites (N-methyl/N-ethyl adjacent to an activating group) is 1. The zero-order chi connectivity index (χ0) is 18.5. The Bertz CT molecular complexity index is 877. The summed E-state index contributed by atoms with van der Waals surface area (Å²) in [6.45, 7) is 6.99. The average molecular weight is 347 g/mol. The first-order chi connectivity index (χ1) is 12.5. The van der Waals surface area contributed by atoms with Gasteiger partial charge in [0.1, 0.15) is 17.5 Å². The Balaban J connectivity index is 1.75. The van der Waals surface area contributed by atoms with E-state index in [0.29, 0.717) is 0 Å². The second-order valence-electron chi connectivity index (χ2n) is 6.63. The Labute approximate surface area is 155 Å². The molecule has 0 fully saturated rings. The molecule has 0 spiro atoms. The Hall–Kier alpha value is -2.95. The van der Waals surface area contributed by atoms with Gasteiger partial charge in [-0.25, -0.2) is 9.97 Å². The Kier molecular flexibility index (Phi) is 5.46. The molecule has 5 nitrogen and oxygen atoms in total. The number of aryl methyl sites for hydroxylation is 3. The average Bonchev–Trinajstić information content (AvgIpc) is 2.63. The topological polar surface area (TPSA) is 53.9 Å². The van der Waals surface area contributed by atoms with Crippen molar-refractivity contribution in [3.8, 4) is 0 Å². The van der Waals surface area contributed by atoms with Crippen LogP contribution in [0.3, 0.4) is 0 Å². The molecule has 1 N–H and O–H groups in total. The number of aromatic nitrogens is 3. The molecule has 0 bridgehead atoms. The van der Waals surface area contributed by atoms with Crippen LogP contribution in [0.1, 0.15) is 22.5 Å². The van der Waals surface area contributed by atoms with E-state index in [1.54, 1.807) is 0 Å². The van der Waals surface area contributed by atoms with E-state index in [4.69, 9.17) is 0 Å². The molecular formula is C21H25N5. The molecule has 0 atom stereocenters. The van der Waals surface area contributed by atoms with Gasteiger partial charge in [-0.2, -0.15) is 0 Å². The highest BCUT2D eigenvalue weighted by atomic mass is 15.2. The van der Waals surface area contributed by atoms with E-state index in [1.165, 1.54) is 16.7 Å². The van der Waals surface area contributed by atoms with Crippen LogP contribution >= 0.6 is 0 Å². The fraction of sp³-hybridized carbons (Fsp3) is 0.286. The summed E-state index contributed by atoms with van der Waals surface area (Å²) in [6.07, 6.45) is 4.61. The van der Waals surface area contributed by atoms with E-state index in [0.717, 1.165) is 36.1 Å². The van der Waals surface area contributed by atoms with E-state index in [9.17, 15) is 0 Å². The minimum atomic E-state index is 0.756. The van der Waals surface area contributed by atoms with Gasteiger partial charge in [0.2, 0.25) is 0 Å². The standard InChI is InChI=1S/C21H25N5/c1-15-5-6-16(2)19(13-15)25-20-14-21(24-17(3)23-20)26(4)12-9-18-7-10-22-11-8-18/h5-8,10-11,13-14H,9,12H2,1-4H3,(H,23,24,25). The number of nitrogens with one attached hydrogen (secondary N) is 1. The maximum absolute atomic E-state index is 4.59. The number of rotatable bonds is 6. The summed E-state index contributed by atoms with van der Waals surface area (Å²) in [6, 6.07) is 12.5. The summed E-state index contributed by atoms with van der Waals surface area (Å²) < 4.78 is 0. The van der Waals surface area contributed by atoms with Crippen LogP contribution in [0.4, 0.5) is 17.3 Å². The molecule has 0 unspecified atom stereocenters. The van der Waals surface area contributed by atoms with Crippen molar-refractivity contribution in [2.45, 2.75) is 27.2 Å². The minimum absolute atomic E-state index is 0.756. The van der Waals surface area contributed by atoms with Crippen LogP contribution in [0.25, 0.3) is 0 Å². The molecule has 0 saturated carbocycles. The third-order valence-corrected chi connectivity index (χ3v) is 4.36. The molecule has 0 radical (unpaired) electrons. The molecule has 2 heterocycles. The molecule has 3 rings (SSSR count). The van der Waals surface area contributed by atoms with Gasteiger partial charge < -0.3 is 10.2 Å². The number of benzene rings is 1. The van der Waals surface area contributed by atoms with Crippen molar-refractivity contribution in [1.29, 1.82) is 0 Å². The van der Waals surface area contributed by atoms with Gasteiger partial charge in [0.15, 0.2) is 0 Å². The van der Waals surface area contributed by atoms with Crippen LogP contribution in [-0.4, -0.2) is 28.5 Å². The zero-order valence-electron chi connectivity index (χ0n) is 15.8. The quantitative estimate of drug-likeness (QED) is 0.723. The molecule has 0 aliphatic rings. The Morgan fingerprint density at radius 3 is 2.50 bits per heavy atom. The maximum Gasteiger partial charge on any atom is 0.136 e. The van der Waals surface area contributed by atoms with Crippen LogP contribution in [0, 0.1) is 20.8 Å². The second-order valence-corrected chi connectivity index (χ2v) is 6.63. The lowest BCUT2D eigenvalue weighted by molar-refractivity contribution is 0.848. The predicted octanol–water partition coefficient (Wildman–Crippen LogP) is 4.22. The summed E-state index contributed by atoms with van der Waals surface area (Å²) >= 11 is 0. The fourth-order valence-corrected chi connectivity index (χ4v) is 2.78. The summed E-state index contributed by atoms with van der Waals surface area (Å²) in [5.41, 5.74) is 4.76. The molecule has 3 aromatic rings. The summed E-state index contributed by atoms with van der Waals surface area (Å²) in [5, 5.41) is 3.44. The van der Waals surface area contributed by atoms with Gasteiger partial charge in [-0.05, 0) is 62.1 Å². The highest BCUT2D eigenvalue weighted by molar-refractivity contribution is 5.63. The lowest BCUT2D eigenvalue weighted by atomic mass is 10.1. The summed E-state index contributed by atoms with van der Waals surface area (Å²) in [5.74, 6) is 2.49. The molecule has 5 heteroatoms. The van der Waals surface area contributed by atoms with Crippen LogP contribution < -0.4 is 10.2 Å². The lowest BCUT2D eigenvalue weighted by Crippen LogP contribution is -2.22. The van der Waals surface area contributed by atoms with E-state index in [2.05, 4.69) is 64.3 Å². The highest BCUT2D eigenvalue weighted by Crippen LogP contribution is 2.23. The number of pyridine rings is 1. The largest absolute Gasteiger partial charge is 0.359 e. The first-order valence-corrected chi connectivity index (χ1v) is 8.81. The van der Waals surface area contributed by atoms with Crippen molar-refractivity contribution in [2.24, 2.45) is 0 Å². The molecule has 0 amide bonds. The summed E-state index contributed by atoms with van der Waals surface area (Å²) in [7, 11) is 2.06. The van der Waals surface area contributed by atoms with Crippen LogP contribution in [0.2, 0.25) is 0 Å². The fourth-order valence-electron chi connectivity index (χ4n) is 2.78. The third-order valence-electron chi connectivity index (χ3n) is 4.36. The van der Waals surface area contributed by atoms with Crippen molar-refractivity contribution in [3.05, 3.63) is 71.3 Å². The van der Waals surface area contributed by atoms with Gasteiger partial charge in [-0.1, -0.05) is 12.1 Å². The Morgan fingerprint density at radius 2 is 1.73 bits per heavy atom. The molecule has 134 valence electrons. The molecule has 1 aromatic carbocycles. The molecular weight excluding hydrogens is 322 g/mol. The number of anilines is 3. The van der Waals surface area contributed by atoms with Gasteiger partial charge in [0, 0.05) is 37.7 Å². The molecule has 0 saturated heterocycles. The van der Waals surface area contributed by atoms with Crippen LogP contribution in [-0.2, 0) is 6.42 Å². The highest BCUT2D eigenvalue weighted by Gasteiger charge is 2.08. The number of hydrogen-bond donors (Lipinski definition) is 1. The van der Waals surface area contributed by atoms with Crippen molar-refractivity contribution in [3.63, 3.8) is 0 Å². The molecule has 0 aliphatic carbocycles. The van der Waals surface area contributed by atoms with E-state index in [-0.39, 0.29) is 0 Å². The van der Waals surface area contributed by atoms with Crippen LogP contribution in [0.5, 0.6) is 0 Å². The van der Waals surface area contributed by atoms with Crippen molar-refractivity contribution in [2.75, 3.05) is 23.8 Å². The smallest absolute Gasteiger partial charge is 0.136 e. The van der Waals surface area contributed by atoms with Crippen LogP contribution in [0.15, 0.2) is 48.8 Å². The first kappa shape index (κ1) is 17.9. The van der Waals surface area contributed by atoms with E-state index < -0.39 is 0 Å². The van der Waals surface area contributed by atoms with Gasteiger partial charge >= 0.3 is 0 Å². The van der Waals surface area contributed by atoms with Gasteiger partial charge in [-0.15, -0.1) is 0 Å². The monoisotopic (exact) mass is 347 g/mol. The van der Waals surface area contributed by atoms with Crippen molar-refractivity contribution < 1.29 is 0 Å². The molecule has 2 aromatic heterocycles. The summed E-state index contributed by atoms with van der Waals surface area (Å²) in [4.78, 5) is 15.4. The SMILES string of the molecule is Cc1ccc(C)c(Nc2cc(N(C)CCc3ccncc3)nc(C)n2)c1. The Morgan fingerprint density at radius 1 is 0.962 bits per heavy atom. The van der Waals surface area contributed by atoms with Gasteiger partial charge in [0.25, 0.3) is 0 Å². The number of nitrogens with zero attached hydrogens (tertiary/aromatic N) is 4. The minimum Gasteiger partial charge on any atom is -0.359 e. The third kappa shape index (κ3) is 4.57. The second kappa shape index (κ2) is 7.95. The van der Waals surface area contributed by atoms with E-state index in [1.807, 2.05) is 37.5 Å². The zero-order valence-corrected chi connectivity index (χ0v) is 15.8. The first-order valence-electron chi connectivity index (χ1n) is 8.81. The lowest BCUT2D eigenvalue weighted by Gasteiger charge is -2.20. The normalized spacial score (nSPS) is 10.6. The molecule has 0 aliphatic heterocycles. The molecule has 26 heavy (non-hydrogen) atoms. The predicted molar refractivity (Wildman–Crippen MR) is 107 cm³/mol. The van der Waals surface area contributed by atoms with Gasteiger partial charge in [0.05, 0.1) is 0 Å². The van der Waals surface area contributed by atoms with E-state index >= 15 is 0 Å². The van der Waals surface area contributed by atoms with Gasteiger partial charge in [-0.3, -0.25) is 4.98 Å².